The summed E-state index contributed by atoms with van der Waals surface area (Å²) in [6.45, 7) is 3.96. The minimum atomic E-state index is 0.178. The third kappa shape index (κ3) is 2.21. The number of carbonyl (C=O) groups is 1. The molecule has 1 saturated heterocycles. The van der Waals surface area contributed by atoms with Gasteiger partial charge in [0.2, 0.25) is 0 Å². The number of carbonyl (C=O) groups excluding carboxylic acids is 1. The lowest BCUT2D eigenvalue weighted by atomic mass is 9.88. The van der Waals surface area contributed by atoms with E-state index in [1.165, 1.54) is 17.7 Å². The fourth-order valence-corrected chi connectivity index (χ4v) is 3.25. The van der Waals surface area contributed by atoms with Crippen molar-refractivity contribution in [3.05, 3.63) is 41.6 Å². The highest BCUT2D eigenvalue weighted by atomic mass is 16.2. The van der Waals surface area contributed by atoms with Crippen LogP contribution in [0.2, 0.25) is 0 Å². The second kappa shape index (κ2) is 5.31. The van der Waals surface area contributed by atoms with Crippen molar-refractivity contribution in [3.8, 4) is 0 Å². The number of amides is 1. The van der Waals surface area contributed by atoms with Crippen molar-refractivity contribution in [2.45, 2.75) is 32.1 Å². The molecule has 0 radical (unpaired) electrons. The van der Waals surface area contributed by atoms with Gasteiger partial charge in [-0.3, -0.25) is 4.79 Å². The molecule has 0 saturated carbocycles. The van der Waals surface area contributed by atoms with E-state index in [4.69, 9.17) is 0 Å². The lowest BCUT2D eigenvalue weighted by Gasteiger charge is -2.34. The van der Waals surface area contributed by atoms with Gasteiger partial charge in [-0.15, -0.1) is 0 Å². The molecule has 0 aromatic heterocycles. The number of likely N-dealkylation sites (tertiary alicyclic amines) is 1. The van der Waals surface area contributed by atoms with Gasteiger partial charge in [-0.05, 0) is 30.9 Å². The van der Waals surface area contributed by atoms with E-state index in [9.17, 15) is 4.79 Å². The van der Waals surface area contributed by atoms with Crippen LogP contribution in [0, 0.1) is 0 Å². The maximum absolute atomic E-state index is 12.7. The van der Waals surface area contributed by atoms with Crippen molar-refractivity contribution in [2.24, 2.45) is 0 Å². The van der Waals surface area contributed by atoms with Gasteiger partial charge in [0.15, 0.2) is 0 Å². The van der Waals surface area contributed by atoms with Gasteiger partial charge in [0, 0.05) is 43.5 Å². The summed E-state index contributed by atoms with van der Waals surface area (Å²) in [7, 11) is 2.02. The Hall–Kier alpha value is -1.77. The first-order chi connectivity index (χ1) is 9.68. The minimum Gasteiger partial charge on any atom is -0.350 e. The largest absolute Gasteiger partial charge is 0.350 e. The standard InChI is InChI=1S/C17H22N2O/c1-13-14-8-4-5-9-16(14)18(2)12-15(13)17(20)19-10-6-3-7-11-19/h4-5,8-9,12-13H,3,6-7,10-11H2,1-2H3/t13-/m0/s1. The van der Waals surface area contributed by atoms with E-state index in [0.717, 1.165) is 31.5 Å². The number of hydrogen-bond acceptors (Lipinski definition) is 2. The molecule has 1 aromatic carbocycles. The smallest absolute Gasteiger partial charge is 0.251 e. The fourth-order valence-electron chi connectivity index (χ4n) is 3.25. The predicted octanol–water partition coefficient (Wildman–Crippen LogP) is 3.14. The van der Waals surface area contributed by atoms with Crippen LogP contribution in [-0.4, -0.2) is 30.9 Å². The van der Waals surface area contributed by atoms with Gasteiger partial charge < -0.3 is 9.80 Å². The van der Waals surface area contributed by atoms with Gasteiger partial charge >= 0.3 is 0 Å². The highest BCUT2D eigenvalue weighted by Crippen LogP contribution is 2.37. The van der Waals surface area contributed by atoms with Crippen molar-refractivity contribution in [3.63, 3.8) is 0 Å². The van der Waals surface area contributed by atoms with Crippen molar-refractivity contribution < 1.29 is 4.79 Å². The van der Waals surface area contributed by atoms with E-state index in [2.05, 4.69) is 30.0 Å². The van der Waals surface area contributed by atoms with Gasteiger partial charge in [-0.2, -0.15) is 0 Å². The van der Waals surface area contributed by atoms with E-state index >= 15 is 0 Å². The topological polar surface area (TPSA) is 23.6 Å². The van der Waals surface area contributed by atoms with Crippen LogP contribution in [0.5, 0.6) is 0 Å². The first-order valence-corrected chi connectivity index (χ1v) is 7.51. The molecular weight excluding hydrogens is 248 g/mol. The average Bonchev–Trinajstić information content (AvgIpc) is 2.51. The molecule has 3 nitrogen and oxygen atoms in total. The molecule has 2 aliphatic rings. The lowest BCUT2D eigenvalue weighted by Crippen LogP contribution is -2.39. The summed E-state index contributed by atoms with van der Waals surface area (Å²) in [5.41, 5.74) is 3.38. The number of rotatable bonds is 1. The first kappa shape index (κ1) is 13.2. The van der Waals surface area contributed by atoms with E-state index in [1.807, 2.05) is 24.2 Å². The summed E-state index contributed by atoms with van der Waals surface area (Å²) >= 11 is 0. The van der Waals surface area contributed by atoms with E-state index in [0.29, 0.717) is 0 Å². The molecule has 0 spiro atoms. The third-order valence-electron chi connectivity index (χ3n) is 4.47. The number of piperidine rings is 1. The molecule has 106 valence electrons. The van der Waals surface area contributed by atoms with Crippen molar-refractivity contribution in [1.29, 1.82) is 0 Å². The van der Waals surface area contributed by atoms with Gasteiger partial charge in [-0.1, -0.05) is 25.1 Å². The highest BCUT2D eigenvalue weighted by Gasteiger charge is 2.29. The third-order valence-corrected chi connectivity index (χ3v) is 4.47. The molecule has 3 rings (SSSR count). The quantitative estimate of drug-likeness (QED) is 0.782. The Morgan fingerprint density at radius 2 is 1.85 bits per heavy atom. The van der Waals surface area contributed by atoms with E-state index in [1.54, 1.807) is 0 Å². The Morgan fingerprint density at radius 1 is 1.15 bits per heavy atom. The second-order valence-electron chi connectivity index (χ2n) is 5.83. The number of fused-ring (bicyclic) bond motifs is 1. The maximum atomic E-state index is 12.7. The number of benzene rings is 1. The average molecular weight is 270 g/mol. The molecule has 2 heterocycles. The lowest BCUT2D eigenvalue weighted by molar-refractivity contribution is -0.128. The molecule has 3 heteroatoms. The molecular formula is C17H22N2O. The summed E-state index contributed by atoms with van der Waals surface area (Å²) < 4.78 is 0. The summed E-state index contributed by atoms with van der Waals surface area (Å²) in [5, 5.41) is 0. The number of anilines is 1. The van der Waals surface area contributed by atoms with Crippen LogP contribution in [0.3, 0.4) is 0 Å². The molecule has 1 amide bonds. The second-order valence-corrected chi connectivity index (χ2v) is 5.83. The molecule has 2 aliphatic heterocycles. The van der Waals surface area contributed by atoms with Crippen LogP contribution in [0.1, 0.15) is 37.7 Å². The zero-order chi connectivity index (χ0) is 14.1. The Morgan fingerprint density at radius 3 is 2.60 bits per heavy atom. The van der Waals surface area contributed by atoms with E-state index in [-0.39, 0.29) is 11.8 Å². The molecule has 0 bridgehead atoms. The van der Waals surface area contributed by atoms with Crippen LogP contribution < -0.4 is 4.90 Å². The van der Waals surface area contributed by atoms with Crippen LogP contribution in [0.4, 0.5) is 5.69 Å². The minimum absolute atomic E-state index is 0.178. The van der Waals surface area contributed by atoms with Gasteiger partial charge in [-0.25, -0.2) is 0 Å². The number of nitrogens with zero attached hydrogens (tertiary/aromatic N) is 2. The summed E-state index contributed by atoms with van der Waals surface area (Å²) in [6.07, 6.45) is 5.55. The molecule has 1 atom stereocenters. The Balaban J connectivity index is 1.89. The van der Waals surface area contributed by atoms with Crippen LogP contribution in [0.25, 0.3) is 0 Å². The van der Waals surface area contributed by atoms with Gasteiger partial charge in [0.05, 0.1) is 0 Å². The Labute approximate surface area is 120 Å². The number of para-hydroxylation sites is 1. The Kier molecular flexibility index (Phi) is 3.51. The van der Waals surface area contributed by atoms with Crippen molar-refractivity contribution in [2.75, 3.05) is 25.0 Å². The summed E-state index contributed by atoms with van der Waals surface area (Å²) in [4.78, 5) is 16.8. The van der Waals surface area contributed by atoms with E-state index < -0.39 is 0 Å². The fraction of sp³-hybridized carbons (Fsp3) is 0.471. The first-order valence-electron chi connectivity index (χ1n) is 7.51. The molecule has 20 heavy (non-hydrogen) atoms. The zero-order valence-corrected chi connectivity index (χ0v) is 12.3. The molecule has 0 unspecified atom stereocenters. The Bertz CT molecular complexity index is 544. The molecule has 1 aromatic rings. The van der Waals surface area contributed by atoms with Crippen LogP contribution in [-0.2, 0) is 4.79 Å². The van der Waals surface area contributed by atoms with Crippen LogP contribution >= 0.6 is 0 Å². The summed E-state index contributed by atoms with van der Waals surface area (Å²) in [6, 6.07) is 8.35. The predicted molar refractivity (Wildman–Crippen MR) is 81.8 cm³/mol. The molecule has 1 fully saturated rings. The normalized spacial score (nSPS) is 22.3. The van der Waals surface area contributed by atoms with Gasteiger partial charge in [0.25, 0.3) is 5.91 Å². The number of hydrogen-bond donors (Lipinski definition) is 0. The van der Waals surface area contributed by atoms with Gasteiger partial charge in [0.1, 0.15) is 0 Å². The molecule has 0 aliphatic carbocycles. The summed E-state index contributed by atoms with van der Waals surface area (Å²) in [5.74, 6) is 0.398. The van der Waals surface area contributed by atoms with Crippen molar-refractivity contribution >= 4 is 11.6 Å². The zero-order valence-electron chi connectivity index (χ0n) is 12.3. The van der Waals surface area contributed by atoms with Crippen molar-refractivity contribution in [1.82, 2.24) is 4.90 Å². The SMILES string of the molecule is C[C@@H]1C(C(=O)N2CCCCC2)=CN(C)c2ccccc21. The highest BCUT2D eigenvalue weighted by molar-refractivity contribution is 5.96. The maximum Gasteiger partial charge on any atom is 0.251 e. The van der Waals surface area contributed by atoms with Crippen LogP contribution in [0.15, 0.2) is 36.0 Å². The monoisotopic (exact) mass is 270 g/mol. The molecule has 0 N–H and O–H groups in total.